The number of hydrogen-bond donors (Lipinski definition) is 0. The topological polar surface area (TPSA) is 38.8 Å². The van der Waals surface area contributed by atoms with Crippen molar-refractivity contribution in [3.63, 3.8) is 0 Å². The van der Waals surface area contributed by atoms with E-state index in [4.69, 9.17) is 21.1 Å². The summed E-state index contributed by atoms with van der Waals surface area (Å²) in [6, 6.07) is 0.113. The molecular weight excluding hydrogens is 386 g/mol. The zero-order valence-corrected chi connectivity index (χ0v) is 19.6. The lowest BCUT2D eigenvalue weighted by molar-refractivity contribution is -0.00603. The van der Waals surface area contributed by atoms with Crippen LogP contribution in [0.15, 0.2) is 48.1 Å². The Bertz CT molecular complexity index is 633. The Balaban J connectivity index is 2.93. The highest BCUT2D eigenvalue weighted by atomic mass is 35.5. The lowest BCUT2D eigenvalue weighted by atomic mass is 9.99. The van der Waals surface area contributed by atoms with Crippen LogP contribution in [0.1, 0.15) is 66.7 Å². The van der Waals surface area contributed by atoms with Crippen molar-refractivity contribution < 1.29 is 14.3 Å². The first-order valence-corrected chi connectivity index (χ1v) is 10.8. The highest BCUT2D eigenvalue weighted by molar-refractivity contribution is 6.31. The number of likely N-dealkylation sites (tertiary alicyclic amines) is 1. The van der Waals surface area contributed by atoms with E-state index < -0.39 is 5.60 Å². The Morgan fingerprint density at radius 1 is 1.34 bits per heavy atom. The van der Waals surface area contributed by atoms with Gasteiger partial charge in [0, 0.05) is 17.6 Å². The van der Waals surface area contributed by atoms with Crippen LogP contribution in [0, 0.1) is 0 Å². The predicted octanol–water partition coefficient (Wildman–Crippen LogP) is 6.77. The molecule has 0 radical (unpaired) electrons. The van der Waals surface area contributed by atoms with Crippen LogP contribution in [0.3, 0.4) is 0 Å². The Morgan fingerprint density at radius 3 is 2.52 bits per heavy atom. The van der Waals surface area contributed by atoms with E-state index in [0.717, 1.165) is 43.4 Å². The van der Waals surface area contributed by atoms with Crippen LogP contribution in [0.25, 0.3) is 0 Å². The summed E-state index contributed by atoms with van der Waals surface area (Å²) in [5.41, 5.74) is 1.30. The van der Waals surface area contributed by atoms with Gasteiger partial charge in [0.25, 0.3) is 0 Å². The Hall–Kier alpha value is -1.52. The molecule has 1 aliphatic heterocycles. The molecule has 0 bridgehead atoms. The van der Waals surface area contributed by atoms with Gasteiger partial charge in [-0.2, -0.15) is 0 Å². The fraction of sp³-hybridized carbons (Fsp3) is 0.625. The van der Waals surface area contributed by atoms with E-state index in [1.54, 1.807) is 6.08 Å². The van der Waals surface area contributed by atoms with Crippen molar-refractivity contribution in [1.82, 2.24) is 4.90 Å². The van der Waals surface area contributed by atoms with Gasteiger partial charge in [0.2, 0.25) is 0 Å². The van der Waals surface area contributed by atoms with Crippen LogP contribution >= 0.6 is 11.6 Å². The van der Waals surface area contributed by atoms with Crippen molar-refractivity contribution in [1.29, 1.82) is 0 Å². The van der Waals surface area contributed by atoms with E-state index in [-0.39, 0.29) is 24.3 Å². The lowest BCUT2D eigenvalue weighted by Gasteiger charge is -2.32. The molecule has 29 heavy (non-hydrogen) atoms. The van der Waals surface area contributed by atoms with Crippen LogP contribution < -0.4 is 0 Å². The molecule has 0 aliphatic carbocycles. The molecule has 1 amide bonds. The summed E-state index contributed by atoms with van der Waals surface area (Å²) in [5.74, 6) is 0. The van der Waals surface area contributed by atoms with Gasteiger partial charge in [0.15, 0.2) is 0 Å². The second-order valence-electron chi connectivity index (χ2n) is 8.64. The molecule has 0 spiro atoms. The molecule has 0 aromatic carbocycles. The average Bonchev–Trinajstić information content (AvgIpc) is 3.10. The molecule has 3 atom stereocenters. The molecule has 1 saturated heterocycles. The first kappa shape index (κ1) is 25.5. The summed E-state index contributed by atoms with van der Waals surface area (Å²) in [6.45, 7) is 22.2. The van der Waals surface area contributed by atoms with Crippen molar-refractivity contribution in [3.05, 3.63) is 48.1 Å². The van der Waals surface area contributed by atoms with Gasteiger partial charge >= 0.3 is 6.09 Å². The number of halogens is 1. The molecule has 5 heteroatoms. The van der Waals surface area contributed by atoms with Crippen LogP contribution in [-0.2, 0) is 9.47 Å². The average molecular weight is 424 g/mol. The fourth-order valence-electron chi connectivity index (χ4n) is 3.54. The molecule has 1 rings (SSSR count). The summed E-state index contributed by atoms with van der Waals surface area (Å²) in [7, 11) is 0. The van der Waals surface area contributed by atoms with Crippen LogP contribution in [-0.4, -0.2) is 41.4 Å². The third kappa shape index (κ3) is 8.02. The Labute approximate surface area is 182 Å². The maximum Gasteiger partial charge on any atom is 0.410 e. The summed E-state index contributed by atoms with van der Waals surface area (Å²) < 4.78 is 12.1. The highest BCUT2D eigenvalue weighted by Gasteiger charge is 2.34. The monoisotopic (exact) mass is 423 g/mol. The number of amides is 1. The Morgan fingerprint density at radius 2 is 2.00 bits per heavy atom. The second-order valence-corrected chi connectivity index (χ2v) is 9.05. The number of ether oxygens (including phenoxy) is 2. The quantitative estimate of drug-likeness (QED) is 0.287. The summed E-state index contributed by atoms with van der Waals surface area (Å²) in [4.78, 5) is 14.4. The van der Waals surface area contributed by atoms with Gasteiger partial charge in [0.05, 0.1) is 6.10 Å². The maximum atomic E-state index is 12.6. The molecule has 0 aromatic rings. The van der Waals surface area contributed by atoms with Crippen LogP contribution in [0.2, 0.25) is 0 Å². The summed E-state index contributed by atoms with van der Waals surface area (Å²) in [5, 5.41) is 0.575. The number of hydrogen-bond acceptors (Lipinski definition) is 3. The highest BCUT2D eigenvalue weighted by Crippen LogP contribution is 2.29. The minimum absolute atomic E-state index is 0.0289. The minimum Gasteiger partial charge on any atom is -0.444 e. The van der Waals surface area contributed by atoms with Gasteiger partial charge < -0.3 is 14.4 Å². The molecule has 0 N–H and O–H groups in total. The zero-order valence-electron chi connectivity index (χ0n) is 18.8. The van der Waals surface area contributed by atoms with Gasteiger partial charge in [-0.3, -0.25) is 0 Å². The molecule has 0 aromatic heterocycles. The molecular formula is C24H38ClNO3. The summed E-state index contributed by atoms with van der Waals surface area (Å²) in [6.07, 6.45) is 7.03. The second kappa shape index (κ2) is 11.6. The third-order valence-corrected chi connectivity index (χ3v) is 5.50. The van der Waals surface area contributed by atoms with E-state index in [1.165, 1.54) is 0 Å². The predicted molar refractivity (Wildman–Crippen MR) is 122 cm³/mol. The molecule has 164 valence electrons. The maximum absolute atomic E-state index is 12.6. The lowest BCUT2D eigenvalue weighted by Crippen LogP contribution is -2.41. The first-order valence-electron chi connectivity index (χ1n) is 10.5. The normalized spacial score (nSPS) is 19.9. The van der Waals surface area contributed by atoms with E-state index in [9.17, 15) is 4.79 Å². The number of allylic oxidation sites excluding steroid dienone is 3. The number of carbonyl (C=O) groups excluding carboxylic acids is 1. The molecule has 1 aliphatic rings. The number of nitrogens with zero attached hydrogens (tertiary/aromatic N) is 1. The Kier molecular flexibility index (Phi) is 10.2. The van der Waals surface area contributed by atoms with Gasteiger partial charge in [-0.15, -0.1) is 6.58 Å². The van der Waals surface area contributed by atoms with Gasteiger partial charge in [-0.05, 0) is 70.9 Å². The van der Waals surface area contributed by atoms with Crippen molar-refractivity contribution >= 4 is 17.7 Å². The van der Waals surface area contributed by atoms with Gasteiger partial charge in [-0.1, -0.05) is 43.8 Å². The van der Waals surface area contributed by atoms with E-state index in [2.05, 4.69) is 26.7 Å². The number of rotatable bonds is 10. The van der Waals surface area contributed by atoms with Crippen molar-refractivity contribution in [2.45, 2.75) is 90.6 Å². The molecule has 1 fully saturated rings. The standard InChI is InChI=1S/C24H38ClNO3/c1-9-13-17(4)22(18(5)21(25)11-3)28-20(10-2)16-19-14-12-15-26(19)23(27)29-24(6,7)8/h9,11,19-20,22H,1,3-4,10,12-16H2,2,5-8H3/b21-18+/t19?,20-,22?/m0/s1. The van der Waals surface area contributed by atoms with Crippen molar-refractivity contribution in [2.24, 2.45) is 0 Å². The largest absolute Gasteiger partial charge is 0.444 e. The molecule has 1 heterocycles. The van der Waals surface area contributed by atoms with Crippen molar-refractivity contribution in [3.8, 4) is 0 Å². The minimum atomic E-state index is -0.498. The number of carbonyl (C=O) groups is 1. The van der Waals surface area contributed by atoms with E-state index >= 15 is 0 Å². The molecule has 2 unspecified atom stereocenters. The van der Waals surface area contributed by atoms with Crippen LogP contribution in [0.5, 0.6) is 0 Å². The van der Waals surface area contributed by atoms with E-state index in [1.807, 2.05) is 38.7 Å². The molecule has 4 nitrogen and oxygen atoms in total. The van der Waals surface area contributed by atoms with Gasteiger partial charge in [-0.25, -0.2) is 4.79 Å². The van der Waals surface area contributed by atoms with Gasteiger partial charge in [0.1, 0.15) is 11.7 Å². The smallest absolute Gasteiger partial charge is 0.410 e. The zero-order chi connectivity index (χ0) is 22.2. The van der Waals surface area contributed by atoms with E-state index in [0.29, 0.717) is 11.5 Å². The molecule has 0 saturated carbocycles. The van der Waals surface area contributed by atoms with Crippen LogP contribution in [0.4, 0.5) is 4.79 Å². The summed E-state index contributed by atoms with van der Waals surface area (Å²) >= 11 is 6.32. The first-order chi connectivity index (χ1) is 13.5. The SMILES string of the molecule is C=CCC(=C)C(O[C@@H](CC)CC1CCCN1C(=O)OC(C)(C)C)/C(C)=C(/Cl)C=C. The fourth-order valence-corrected chi connectivity index (χ4v) is 3.64. The van der Waals surface area contributed by atoms with Crippen molar-refractivity contribution in [2.75, 3.05) is 6.54 Å². The third-order valence-electron chi connectivity index (χ3n) is 5.05.